The van der Waals surface area contributed by atoms with Gasteiger partial charge in [0.25, 0.3) is 5.91 Å². The van der Waals surface area contributed by atoms with E-state index in [1.165, 1.54) is 24.3 Å². The van der Waals surface area contributed by atoms with Gasteiger partial charge in [-0.25, -0.2) is 16.8 Å². The summed E-state index contributed by atoms with van der Waals surface area (Å²) in [5, 5.41) is 2.75. The van der Waals surface area contributed by atoms with Crippen molar-refractivity contribution in [2.24, 2.45) is 7.05 Å². The summed E-state index contributed by atoms with van der Waals surface area (Å²) in [5.74, 6) is -0.377. The largest absolute Gasteiger partial charge is 0.349 e. The van der Waals surface area contributed by atoms with Gasteiger partial charge in [-0.3, -0.25) is 4.79 Å². The maximum Gasteiger partial charge on any atom is 0.257 e. The van der Waals surface area contributed by atoms with Crippen molar-refractivity contribution >= 4 is 31.3 Å². The van der Waals surface area contributed by atoms with Gasteiger partial charge in [-0.15, -0.1) is 0 Å². The van der Waals surface area contributed by atoms with Crippen LogP contribution >= 0.6 is 0 Å². The first-order valence-corrected chi connectivity index (χ1v) is 12.7. The Morgan fingerprint density at radius 2 is 1.50 bits per heavy atom. The lowest BCUT2D eigenvalue weighted by molar-refractivity contribution is 0.102. The first-order chi connectivity index (χ1) is 13.9. The predicted molar refractivity (Wildman–Crippen MR) is 116 cm³/mol. The lowest BCUT2D eigenvalue weighted by Crippen LogP contribution is -2.12. The lowest BCUT2D eigenvalue weighted by Gasteiger charge is -2.11. The van der Waals surface area contributed by atoms with Crippen molar-refractivity contribution in [1.29, 1.82) is 0 Å². The Labute approximate surface area is 176 Å². The molecule has 1 heterocycles. The van der Waals surface area contributed by atoms with Crippen LogP contribution in [0, 0.1) is 6.92 Å². The summed E-state index contributed by atoms with van der Waals surface area (Å²) in [6.45, 7) is 1.76. The molecule has 3 rings (SSSR count). The van der Waals surface area contributed by atoms with Crippen LogP contribution in [0.15, 0.2) is 64.5 Å². The molecule has 0 bridgehead atoms. The van der Waals surface area contributed by atoms with Crippen LogP contribution in [0.3, 0.4) is 0 Å². The predicted octanol–water partition coefficient (Wildman–Crippen LogP) is 3.06. The van der Waals surface area contributed by atoms with Crippen LogP contribution in [0.25, 0.3) is 11.3 Å². The molecule has 0 aliphatic heterocycles. The Morgan fingerprint density at radius 3 is 2.07 bits per heavy atom. The molecule has 3 aromatic rings. The van der Waals surface area contributed by atoms with Crippen LogP contribution in [-0.4, -0.2) is 39.8 Å². The number of hydrogen-bond acceptors (Lipinski definition) is 5. The van der Waals surface area contributed by atoms with Crippen molar-refractivity contribution in [3.63, 3.8) is 0 Å². The highest BCUT2D eigenvalue weighted by Crippen LogP contribution is 2.32. The quantitative estimate of drug-likeness (QED) is 0.649. The lowest BCUT2D eigenvalue weighted by atomic mass is 10.1. The van der Waals surface area contributed by atoms with Crippen molar-refractivity contribution in [1.82, 2.24) is 4.57 Å². The number of benzene rings is 2. The molecule has 1 amide bonds. The van der Waals surface area contributed by atoms with Gasteiger partial charge in [0, 0.05) is 37.0 Å². The van der Waals surface area contributed by atoms with Gasteiger partial charge in [0.1, 0.15) is 0 Å². The third-order valence-electron chi connectivity index (χ3n) is 4.76. The molecule has 1 aromatic heterocycles. The fourth-order valence-corrected chi connectivity index (χ4v) is 4.86. The number of nitrogens with zero attached hydrogens (tertiary/aromatic N) is 1. The number of carbonyl (C=O) groups is 1. The number of rotatable bonds is 5. The molecule has 0 spiro atoms. The van der Waals surface area contributed by atoms with E-state index in [1.807, 2.05) is 0 Å². The van der Waals surface area contributed by atoms with E-state index in [9.17, 15) is 21.6 Å². The minimum atomic E-state index is -3.45. The topological polar surface area (TPSA) is 102 Å². The summed E-state index contributed by atoms with van der Waals surface area (Å²) < 4.78 is 49.3. The molecule has 9 heteroatoms. The average molecular weight is 447 g/mol. The minimum absolute atomic E-state index is 0.163. The number of nitrogens with one attached hydrogen (secondary N) is 1. The standard InChI is InChI=1S/C21H22N2O5S2/c1-14-18(21(24)22-15-9-11-16(12-10-15)29(3,25)26)13-23(2)20(14)17-7-5-6-8-19(17)30(4,27)28/h5-13H,1-4H3,(H,22,24). The van der Waals surface area contributed by atoms with Crippen LogP contribution in [0.2, 0.25) is 0 Å². The number of sulfone groups is 2. The van der Waals surface area contributed by atoms with Crippen LogP contribution < -0.4 is 5.32 Å². The molecule has 0 unspecified atom stereocenters. The van der Waals surface area contributed by atoms with Gasteiger partial charge in [-0.05, 0) is 42.8 Å². The zero-order valence-corrected chi connectivity index (χ0v) is 18.6. The Bertz CT molecular complexity index is 1340. The van der Waals surface area contributed by atoms with Crippen molar-refractivity contribution < 1.29 is 21.6 Å². The number of aromatic nitrogens is 1. The number of anilines is 1. The molecule has 0 aliphatic rings. The van der Waals surface area contributed by atoms with Crippen LogP contribution in [0.1, 0.15) is 15.9 Å². The van der Waals surface area contributed by atoms with Crippen molar-refractivity contribution in [2.45, 2.75) is 16.7 Å². The summed E-state index contributed by atoms with van der Waals surface area (Å²) in [6.07, 6.45) is 3.91. The summed E-state index contributed by atoms with van der Waals surface area (Å²) in [5.41, 5.74) is 2.64. The zero-order chi connectivity index (χ0) is 22.3. The van der Waals surface area contributed by atoms with Gasteiger partial charge in [0.15, 0.2) is 19.7 Å². The highest BCUT2D eigenvalue weighted by Gasteiger charge is 2.22. The highest BCUT2D eigenvalue weighted by atomic mass is 32.2. The Hall–Kier alpha value is -2.91. The Balaban J connectivity index is 1.98. The molecule has 7 nitrogen and oxygen atoms in total. The second-order valence-corrected chi connectivity index (χ2v) is 11.1. The molecule has 0 atom stereocenters. The van der Waals surface area contributed by atoms with E-state index in [4.69, 9.17) is 0 Å². The van der Waals surface area contributed by atoms with E-state index >= 15 is 0 Å². The van der Waals surface area contributed by atoms with Gasteiger partial charge >= 0.3 is 0 Å². The molecule has 30 heavy (non-hydrogen) atoms. The van der Waals surface area contributed by atoms with Crippen molar-refractivity contribution in [3.05, 3.63) is 65.9 Å². The van der Waals surface area contributed by atoms with E-state index < -0.39 is 19.7 Å². The minimum Gasteiger partial charge on any atom is -0.349 e. The van der Waals surface area contributed by atoms with Gasteiger partial charge in [-0.2, -0.15) is 0 Å². The van der Waals surface area contributed by atoms with Crippen molar-refractivity contribution in [2.75, 3.05) is 17.8 Å². The van der Waals surface area contributed by atoms with Gasteiger partial charge in [0.05, 0.1) is 21.0 Å². The highest BCUT2D eigenvalue weighted by molar-refractivity contribution is 7.91. The summed E-state index contributed by atoms with van der Waals surface area (Å²) >= 11 is 0. The molecule has 0 saturated heterocycles. The van der Waals surface area contributed by atoms with E-state index in [2.05, 4.69) is 5.32 Å². The van der Waals surface area contributed by atoms with E-state index in [0.717, 1.165) is 12.5 Å². The Kier molecular flexibility index (Phi) is 5.62. The van der Waals surface area contributed by atoms with Crippen LogP contribution in [0.5, 0.6) is 0 Å². The molecule has 0 aliphatic carbocycles. The normalized spacial score (nSPS) is 12.0. The monoisotopic (exact) mass is 446 g/mol. The van der Waals surface area contributed by atoms with Crippen LogP contribution in [-0.2, 0) is 26.7 Å². The molecule has 158 valence electrons. The molecule has 0 fully saturated rings. The molecular weight excluding hydrogens is 424 g/mol. The van der Waals surface area contributed by atoms with Crippen LogP contribution in [0.4, 0.5) is 5.69 Å². The van der Waals surface area contributed by atoms with E-state index in [0.29, 0.717) is 28.1 Å². The van der Waals surface area contributed by atoms with Gasteiger partial charge < -0.3 is 9.88 Å². The fourth-order valence-electron chi connectivity index (χ4n) is 3.34. The third kappa shape index (κ3) is 4.31. The van der Waals surface area contributed by atoms with Gasteiger partial charge in [0.2, 0.25) is 0 Å². The van der Waals surface area contributed by atoms with Gasteiger partial charge in [-0.1, -0.05) is 18.2 Å². The summed E-state index contributed by atoms with van der Waals surface area (Å²) in [6, 6.07) is 12.6. The third-order valence-corrected chi connectivity index (χ3v) is 7.04. The van der Waals surface area contributed by atoms with Crippen molar-refractivity contribution in [3.8, 4) is 11.3 Å². The average Bonchev–Trinajstić information content (AvgIpc) is 2.95. The number of carbonyl (C=O) groups excluding carboxylic acids is 1. The smallest absolute Gasteiger partial charge is 0.257 e. The second-order valence-electron chi connectivity index (χ2n) is 7.15. The number of aryl methyl sites for hydroxylation is 1. The second kappa shape index (κ2) is 7.73. The maximum atomic E-state index is 12.8. The molecular formula is C21H22N2O5S2. The molecule has 0 radical (unpaired) electrons. The zero-order valence-electron chi connectivity index (χ0n) is 17.0. The van der Waals surface area contributed by atoms with E-state index in [-0.39, 0.29) is 15.7 Å². The molecule has 2 aromatic carbocycles. The van der Waals surface area contributed by atoms with E-state index in [1.54, 1.807) is 49.0 Å². The fraction of sp³-hybridized carbons (Fsp3) is 0.190. The Morgan fingerprint density at radius 1 is 0.900 bits per heavy atom. The summed E-state index contributed by atoms with van der Waals surface area (Å²) in [7, 11) is -5.03. The SMILES string of the molecule is Cc1c(C(=O)Nc2ccc(S(C)(=O)=O)cc2)cn(C)c1-c1ccccc1S(C)(=O)=O. The summed E-state index contributed by atoms with van der Waals surface area (Å²) in [4.78, 5) is 13.2. The number of hydrogen-bond donors (Lipinski definition) is 1. The first kappa shape index (κ1) is 21.8. The molecule has 0 saturated carbocycles. The maximum absolute atomic E-state index is 12.8. The molecule has 1 N–H and O–H groups in total. The first-order valence-electron chi connectivity index (χ1n) is 8.96. The number of amides is 1.